The summed E-state index contributed by atoms with van der Waals surface area (Å²) >= 11 is 5.86. The Morgan fingerprint density at radius 3 is 2.26 bits per heavy atom. The lowest BCUT2D eigenvalue weighted by molar-refractivity contribution is 0.122. The molecule has 0 bridgehead atoms. The van der Waals surface area contributed by atoms with E-state index in [4.69, 9.17) is 11.6 Å². The van der Waals surface area contributed by atoms with Gasteiger partial charge in [-0.25, -0.2) is 4.39 Å². The molecule has 2 aromatic carbocycles. The van der Waals surface area contributed by atoms with E-state index < -0.39 is 0 Å². The second-order valence-electron chi connectivity index (χ2n) is 6.23. The van der Waals surface area contributed by atoms with E-state index >= 15 is 0 Å². The Bertz CT molecular complexity index is 666. The Labute approximate surface area is 142 Å². The lowest BCUT2D eigenvalue weighted by Crippen LogP contribution is -2.45. The number of halogens is 2. The first-order valence-electron chi connectivity index (χ1n) is 8.05. The van der Waals surface area contributed by atoms with Crippen molar-refractivity contribution in [1.29, 1.82) is 0 Å². The summed E-state index contributed by atoms with van der Waals surface area (Å²) in [4.78, 5) is 4.90. The molecule has 1 saturated heterocycles. The molecule has 3 rings (SSSR count). The van der Waals surface area contributed by atoms with Crippen molar-refractivity contribution >= 4 is 11.6 Å². The zero-order chi connectivity index (χ0) is 16.2. The Kier molecular flexibility index (Phi) is 5.31. The van der Waals surface area contributed by atoms with Crippen molar-refractivity contribution in [3.05, 3.63) is 70.0 Å². The lowest BCUT2D eigenvalue weighted by atomic mass is 10.1. The predicted octanol–water partition coefficient (Wildman–Crippen LogP) is 4.11. The predicted molar refractivity (Wildman–Crippen MR) is 93.1 cm³/mol. The number of hydrogen-bond acceptors (Lipinski definition) is 2. The molecule has 1 heterocycles. The average Bonchev–Trinajstić information content (AvgIpc) is 2.55. The van der Waals surface area contributed by atoms with Crippen LogP contribution in [0.4, 0.5) is 4.39 Å². The summed E-state index contributed by atoms with van der Waals surface area (Å²) in [6.07, 6.45) is 0. The van der Waals surface area contributed by atoms with Gasteiger partial charge in [-0.3, -0.25) is 9.80 Å². The Balaban J connectivity index is 1.52. The van der Waals surface area contributed by atoms with Gasteiger partial charge in [0.15, 0.2) is 0 Å². The monoisotopic (exact) mass is 332 g/mol. The molecule has 0 aliphatic carbocycles. The van der Waals surface area contributed by atoms with Crippen LogP contribution in [-0.2, 0) is 13.1 Å². The number of rotatable bonds is 4. The molecule has 2 aromatic rings. The van der Waals surface area contributed by atoms with Crippen LogP contribution in [0.2, 0.25) is 5.02 Å². The molecule has 122 valence electrons. The van der Waals surface area contributed by atoms with Crippen LogP contribution in [0.5, 0.6) is 0 Å². The third kappa shape index (κ3) is 4.31. The van der Waals surface area contributed by atoms with Crippen molar-refractivity contribution in [2.75, 3.05) is 26.2 Å². The summed E-state index contributed by atoms with van der Waals surface area (Å²) in [5.41, 5.74) is 3.84. The summed E-state index contributed by atoms with van der Waals surface area (Å²) < 4.78 is 13.2. The maximum atomic E-state index is 13.2. The summed E-state index contributed by atoms with van der Waals surface area (Å²) in [5, 5.41) is 0.209. The van der Waals surface area contributed by atoms with Crippen LogP contribution >= 0.6 is 11.6 Å². The summed E-state index contributed by atoms with van der Waals surface area (Å²) in [7, 11) is 0. The minimum Gasteiger partial charge on any atom is -0.297 e. The van der Waals surface area contributed by atoms with Crippen LogP contribution in [-0.4, -0.2) is 36.0 Å². The van der Waals surface area contributed by atoms with Gasteiger partial charge in [0.05, 0.1) is 5.02 Å². The number of nitrogens with zero attached hydrogens (tertiary/aromatic N) is 2. The zero-order valence-electron chi connectivity index (χ0n) is 13.4. The van der Waals surface area contributed by atoms with Gasteiger partial charge in [0, 0.05) is 39.3 Å². The summed E-state index contributed by atoms with van der Waals surface area (Å²) in [6.45, 7) is 8.19. The second kappa shape index (κ2) is 7.43. The molecule has 1 fully saturated rings. The van der Waals surface area contributed by atoms with Crippen molar-refractivity contribution in [3.63, 3.8) is 0 Å². The molecule has 0 radical (unpaired) electrons. The van der Waals surface area contributed by atoms with Crippen molar-refractivity contribution in [1.82, 2.24) is 9.80 Å². The maximum Gasteiger partial charge on any atom is 0.141 e. The number of piperazine rings is 1. The lowest BCUT2D eigenvalue weighted by Gasteiger charge is -2.35. The van der Waals surface area contributed by atoms with Gasteiger partial charge in [0.25, 0.3) is 0 Å². The van der Waals surface area contributed by atoms with Crippen molar-refractivity contribution in [2.45, 2.75) is 20.0 Å². The Morgan fingerprint density at radius 1 is 0.957 bits per heavy atom. The highest BCUT2D eigenvalue weighted by Gasteiger charge is 2.17. The molecule has 0 amide bonds. The third-order valence-electron chi connectivity index (χ3n) is 4.51. The number of aryl methyl sites for hydroxylation is 1. The first kappa shape index (κ1) is 16.4. The Morgan fingerprint density at radius 2 is 1.61 bits per heavy atom. The quantitative estimate of drug-likeness (QED) is 0.831. The van der Waals surface area contributed by atoms with Gasteiger partial charge < -0.3 is 0 Å². The highest BCUT2D eigenvalue weighted by Crippen LogP contribution is 2.18. The van der Waals surface area contributed by atoms with Gasteiger partial charge in [-0.15, -0.1) is 0 Å². The maximum absolute atomic E-state index is 13.2. The molecule has 0 N–H and O–H groups in total. The normalized spacial score (nSPS) is 16.7. The van der Waals surface area contributed by atoms with Crippen LogP contribution in [0, 0.1) is 12.7 Å². The summed E-state index contributed by atoms with van der Waals surface area (Å²) in [6, 6.07) is 13.6. The molecule has 2 nitrogen and oxygen atoms in total. The molecule has 0 spiro atoms. The smallest absolute Gasteiger partial charge is 0.141 e. The minimum absolute atomic E-state index is 0.209. The SMILES string of the molecule is Cc1ccccc1CN1CCN(Cc2ccc(F)c(Cl)c2)CC1. The molecular formula is C19H22ClFN2. The fourth-order valence-corrected chi connectivity index (χ4v) is 3.23. The van der Waals surface area contributed by atoms with Crippen LogP contribution in [0.25, 0.3) is 0 Å². The van der Waals surface area contributed by atoms with Crippen LogP contribution in [0.1, 0.15) is 16.7 Å². The van der Waals surface area contributed by atoms with E-state index in [2.05, 4.69) is 41.0 Å². The molecule has 0 aromatic heterocycles. The second-order valence-corrected chi connectivity index (χ2v) is 6.63. The molecule has 4 heteroatoms. The van der Waals surface area contributed by atoms with E-state index in [9.17, 15) is 4.39 Å². The fourth-order valence-electron chi connectivity index (χ4n) is 3.03. The first-order valence-corrected chi connectivity index (χ1v) is 8.43. The standard InChI is InChI=1S/C19H22ClFN2/c1-15-4-2-3-5-17(15)14-23-10-8-22(9-11-23)13-16-6-7-19(21)18(20)12-16/h2-7,12H,8-11,13-14H2,1H3. The fraction of sp³-hybridized carbons (Fsp3) is 0.368. The topological polar surface area (TPSA) is 6.48 Å². The number of hydrogen-bond donors (Lipinski definition) is 0. The first-order chi connectivity index (χ1) is 11.1. The molecule has 1 aliphatic heterocycles. The van der Waals surface area contributed by atoms with E-state index in [-0.39, 0.29) is 10.8 Å². The average molecular weight is 333 g/mol. The van der Waals surface area contributed by atoms with E-state index in [0.717, 1.165) is 44.8 Å². The largest absolute Gasteiger partial charge is 0.297 e. The van der Waals surface area contributed by atoms with E-state index in [1.54, 1.807) is 6.07 Å². The van der Waals surface area contributed by atoms with Crippen molar-refractivity contribution in [2.24, 2.45) is 0 Å². The minimum atomic E-state index is -0.349. The highest BCUT2D eigenvalue weighted by atomic mass is 35.5. The van der Waals surface area contributed by atoms with Crippen molar-refractivity contribution in [3.8, 4) is 0 Å². The van der Waals surface area contributed by atoms with Crippen LogP contribution in [0.15, 0.2) is 42.5 Å². The van der Waals surface area contributed by atoms with E-state index in [1.807, 2.05) is 6.07 Å². The number of benzene rings is 2. The highest BCUT2D eigenvalue weighted by molar-refractivity contribution is 6.30. The van der Waals surface area contributed by atoms with E-state index in [0.29, 0.717) is 0 Å². The molecule has 0 unspecified atom stereocenters. The van der Waals surface area contributed by atoms with E-state index in [1.165, 1.54) is 17.2 Å². The van der Waals surface area contributed by atoms with Gasteiger partial charge in [0.2, 0.25) is 0 Å². The summed E-state index contributed by atoms with van der Waals surface area (Å²) in [5.74, 6) is -0.349. The third-order valence-corrected chi connectivity index (χ3v) is 4.80. The van der Waals surface area contributed by atoms with Gasteiger partial charge in [-0.05, 0) is 35.7 Å². The zero-order valence-corrected chi connectivity index (χ0v) is 14.2. The van der Waals surface area contributed by atoms with Gasteiger partial charge in [-0.1, -0.05) is 41.9 Å². The molecule has 0 saturated carbocycles. The molecule has 1 aliphatic rings. The van der Waals surface area contributed by atoms with Gasteiger partial charge in [0.1, 0.15) is 5.82 Å². The molecular weight excluding hydrogens is 311 g/mol. The van der Waals surface area contributed by atoms with Crippen molar-refractivity contribution < 1.29 is 4.39 Å². The van der Waals surface area contributed by atoms with Gasteiger partial charge >= 0.3 is 0 Å². The van der Waals surface area contributed by atoms with Crippen LogP contribution < -0.4 is 0 Å². The van der Waals surface area contributed by atoms with Gasteiger partial charge in [-0.2, -0.15) is 0 Å². The molecule has 0 atom stereocenters. The van der Waals surface area contributed by atoms with Crippen LogP contribution in [0.3, 0.4) is 0 Å². The molecule has 23 heavy (non-hydrogen) atoms. The Hall–Kier alpha value is -1.42.